The van der Waals surface area contributed by atoms with Gasteiger partial charge in [0.25, 0.3) is 17.2 Å². The second-order valence-electron chi connectivity index (χ2n) is 7.27. The van der Waals surface area contributed by atoms with Crippen LogP contribution in [-0.4, -0.2) is 32.3 Å². The van der Waals surface area contributed by atoms with Crippen LogP contribution in [0.3, 0.4) is 0 Å². The Morgan fingerprint density at radius 2 is 1.91 bits per heavy atom. The van der Waals surface area contributed by atoms with Gasteiger partial charge in [-0.15, -0.1) is 0 Å². The van der Waals surface area contributed by atoms with Gasteiger partial charge < -0.3 is 0 Å². The van der Waals surface area contributed by atoms with Gasteiger partial charge in [0.1, 0.15) is 0 Å². The molecule has 0 spiro atoms. The highest BCUT2D eigenvalue weighted by Gasteiger charge is 2.15. The van der Waals surface area contributed by atoms with Gasteiger partial charge in [-0.3, -0.25) is 24.3 Å². The number of thioether (sulfide) groups is 1. The third-order valence-electron chi connectivity index (χ3n) is 4.92. The van der Waals surface area contributed by atoms with E-state index in [1.165, 1.54) is 29.0 Å². The van der Waals surface area contributed by atoms with E-state index < -0.39 is 10.8 Å². The number of aryl methyl sites for hydroxylation is 1. The van der Waals surface area contributed by atoms with Gasteiger partial charge in [-0.25, -0.2) is 10.4 Å². The van der Waals surface area contributed by atoms with E-state index in [1.807, 2.05) is 31.2 Å². The highest BCUT2D eigenvalue weighted by atomic mass is 32.2. The van der Waals surface area contributed by atoms with Gasteiger partial charge in [0, 0.05) is 17.7 Å². The average Bonchev–Trinajstić information content (AvgIpc) is 2.84. The molecular weight excluding hydrogens is 454 g/mol. The van der Waals surface area contributed by atoms with Crippen LogP contribution >= 0.6 is 11.8 Å². The first kappa shape index (κ1) is 22.9. The summed E-state index contributed by atoms with van der Waals surface area (Å²) in [6, 6.07) is 20.4. The number of benzene rings is 3. The molecule has 9 nitrogen and oxygen atoms in total. The smallest absolute Gasteiger partial charge is 0.270 e. The molecule has 1 aromatic heterocycles. The molecule has 34 heavy (non-hydrogen) atoms. The van der Waals surface area contributed by atoms with Gasteiger partial charge >= 0.3 is 0 Å². The summed E-state index contributed by atoms with van der Waals surface area (Å²) >= 11 is 1.12. The fraction of sp³-hybridized carbons (Fsp3) is 0.0833. The zero-order chi connectivity index (χ0) is 24.1. The largest absolute Gasteiger partial charge is 0.272 e. The summed E-state index contributed by atoms with van der Waals surface area (Å²) in [6.45, 7) is 1.90. The van der Waals surface area contributed by atoms with Crippen LogP contribution in [0.4, 0.5) is 5.69 Å². The molecule has 0 saturated heterocycles. The summed E-state index contributed by atoms with van der Waals surface area (Å²) in [5.41, 5.74) is 4.73. The molecule has 1 N–H and O–H groups in total. The lowest BCUT2D eigenvalue weighted by Gasteiger charge is -2.14. The lowest BCUT2D eigenvalue weighted by atomic mass is 10.2. The molecule has 1 amide bonds. The molecule has 0 aliphatic rings. The number of nitro benzene ring substituents is 1. The molecule has 0 radical (unpaired) electrons. The predicted molar refractivity (Wildman–Crippen MR) is 132 cm³/mol. The lowest BCUT2D eigenvalue weighted by molar-refractivity contribution is -0.384. The second kappa shape index (κ2) is 10.1. The van der Waals surface area contributed by atoms with Crippen molar-refractivity contribution in [3.8, 4) is 5.69 Å². The van der Waals surface area contributed by atoms with E-state index in [0.717, 1.165) is 17.3 Å². The van der Waals surface area contributed by atoms with Gasteiger partial charge in [0.2, 0.25) is 0 Å². The molecule has 0 aliphatic carbocycles. The number of nitro groups is 1. The van der Waals surface area contributed by atoms with Gasteiger partial charge in [-0.1, -0.05) is 54.2 Å². The Balaban J connectivity index is 1.55. The van der Waals surface area contributed by atoms with Crippen molar-refractivity contribution >= 4 is 40.5 Å². The number of carbonyl (C=O) groups is 1. The Morgan fingerprint density at radius 1 is 1.15 bits per heavy atom. The van der Waals surface area contributed by atoms with Crippen LogP contribution in [0.25, 0.3) is 16.6 Å². The minimum atomic E-state index is -0.503. The number of hydrazone groups is 1. The van der Waals surface area contributed by atoms with Crippen LogP contribution in [0.5, 0.6) is 0 Å². The molecule has 0 aliphatic heterocycles. The molecule has 10 heteroatoms. The molecule has 0 saturated carbocycles. The molecule has 0 atom stereocenters. The number of amides is 1. The van der Waals surface area contributed by atoms with Crippen LogP contribution in [0.1, 0.15) is 11.1 Å². The maximum Gasteiger partial charge on any atom is 0.270 e. The second-order valence-corrected chi connectivity index (χ2v) is 8.22. The van der Waals surface area contributed by atoms with Crippen molar-refractivity contribution in [2.45, 2.75) is 12.1 Å². The summed E-state index contributed by atoms with van der Waals surface area (Å²) in [4.78, 5) is 40.7. The number of hydrogen-bond acceptors (Lipinski definition) is 7. The van der Waals surface area contributed by atoms with Crippen LogP contribution in [0.15, 0.2) is 87.8 Å². The fourth-order valence-electron chi connectivity index (χ4n) is 3.30. The van der Waals surface area contributed by atoms with E-state index in [2.05, 4.69) is 15.5 Å². The Kier molecular flexibility index (Phi) is 6.79. The molecule has 0 bridgehead atoms. The standard InChI is InChI=1S/C24H19N5O4S/c1-16-7-2-5-12-21(16)28-23(31)19-10-3-4-11-20(19)26-24(28)34-15-22(30)27-25-14-17-8-6-9-18(13-17)29(32)33/h2-14H,15H2,1H3,(H,27,30)/b25-14+. The van der Waals surface area contributed by atoms with Crippen molar-refractivity contribution in [1.29, 1.82) is 0 Å². The lowest BCUT2D eigenvalue weighted by Crippen LogP contribution is -2.24. The number of carbonyl (C=O) groups excluding carboxylic acids is 1. The minimum absolute atomic E-state index is 0.0388. The van der Waals surface area contributed by atoms with E-state index in [-0.39, 0.29) is 17.0 Å². The topological polar surface area (TPSA) is 119 Å². The third-order valence-corrected chi connectivity index (χ3v) is 5.86. The van der Waals surface area contributed by atoms with E-state index in [9.17, 15) is 19.7 Å². The number of nitrogens with one attached hydrogen (secondary N) is 1. The molecule has 4 rings (SSSR count). The van der Waals surface area contributed by atoms with Gasteiger partial charge in [-0.2, -0.15) is 5.10 Å². The Bertz CT molecular complexity index is 1480. The summed E-state index contributed by atoms with van der Waals surface area (Å²) in [6.07, 6.45) is 1.33. The van der Waals surface area contributed by atoms with E-state index in [4.69, 9.17) is 0 Å². The van der Waals surface area contributed by atoms with Gasteiger partial charge in [0.05, 0.1) is 33.5 Å². The fourth-order valence-corrected chi connectivity index (χ4v) is 4.09. The van der Waals surface area contributed by atoms with E-state index >= 15 is 0 Å². The quantitative estimate of drug-likeness (QED) is 0.143. The van der Waals surface area contributed by atoms with Gasteiger partial charge in [-0.05, 0) is 30.7 Å². The van der Waals surface area contributed by atoms with Crippen molar-refractivity contribution in [3.05, 3.63) is 104 Å². The predicted octanol–water partition coefficient (Wildman–Crippen LogP) is 3.84. The van der Waals surface area contributed by atoms with Gasteiger partial charge in [0.15, 0.2) is 5.16 Å². The summed E-state index contributed by atoms with van der Waals surface area (Å²) in [5, 5.41) is 15.6. The normalized spacial score (nSPS) is 11.1. The maximum absolute atomic E-state index is 13.3. The molecule has 0 fully saturated rings. The highest BCUT2D eigenvalue weighted by molar-refractivity contribution is 7.99. The molecule has 4 aromatic rings. The van der Waals surface area contributed by atoms with Crippen LogP contribution < -0.4 is 11.0 Å². The maximum atomic E-state index is 13.3. The van der Waals surface area contributed by atoms with Crippen LogP contribution in [0, 0.1) is 17.0 Å². The molecule has 1 heterocycles. The number of aromatic nitrogens is 2. The first-order valence-electron chi connectivity index (χ1n) is 10.2. The van der Waals surface area contributed by atoms with Crippen molar-refractivity contribution in [1.82, 2.24) is 15.0 Å². The SMILES string of the molecule is Cc1ccccc1-n1c(SCC(=O)N/N=C/c2cccc([N+](=O)[O-])c2)nc2ccccc2c1=O. The van der Waals surface area contributed by atoms with E-state index in [1.54, 1.807) is 30.3 Å². The molecule has 3 aromatic carbocycles. The number of rotatable bonds is 7. The van der Waals surface area contributed by atoms with Crippen molar-refractivity contribution < 1.29 is 9.72 Å². The first-order chi connectivity index (χ1) is 16.4. The third kappa shape index (κ3) is 5.02. The number of fused-ring (bicyclic) bond motifs is 1. The Labute approximate surface area is 198 Å². The monoisotopic (exact) mass is 473 g/mol. The van der Waals surface area contributed by atoms with Crippen molar-refractivity contribution in [3.63, 3.8) is 0 Å². The molecular formula is C24H19N5O4S. The minimum Gasteiger partial charge on any atom is -0.272 e. The summed E-state index contributed by atoms with van der Waals surface area (Å²) in [5.74, 6) is -0.450. The average molecular weight is 474 g/mol. The number of nitrogens with zero attached hydrogens (tertiary/aromatic N) is 4. The Hall–Kier alpha value is -4.31. The highest BCUT2D eigenvalue weighted by Crippen LogP contribution is 2.23. The zero-order valence-corrected chi connectivity index (χ0v) is 18.9. The van der Waals surface area contributed by atoms with Crippen LogP contribution in [0.2, 0.25) is 0 Å². The van der Waals surface area contributed by atoms with Crippen molar-refractivity contribution in [2.24, 2.45) is 5.10 Å². The molecule has 170 valence electrons. The molecule has 0 unspecified atom stereocenters. The first-order valence-corrected chi connectivity index (χ1v) is 11.2. The van der Waals surface area contributed by atoms with Crippen LogP contribution in [-0.2, 0) is 4.79 Å². The zero-order valence-electron chi connectivity index (χ0n) is 18.0. The van der Waals surface area contributed by atoms with Crippen molar-refractivity contribution in [2.75, 3.05) is 5.75 Å². The number of non-ortho nitro benzene ring substituents is 1. The summed E-state index contributed by atoms with van der Waals surface area (Å²) < 4.78 is 1.52. The van der Waals surface area contributed by atoms with E-state index in [0.29, 0.717) is 27.3 Å². The number of hydrogen-bond donors (Lipinski definition) is 1. The number of para-hydroxylation sites is 2. The summed E-state index contributed by atoms with van der Waals surface area (Å²) in [7, 11) is 0. The Morgan fingerprint density at radius 3 is 2.71 bits per heavy atom.